The van der Waals surface area contributed by atoms with Crippen molar-refractivity contribution in [3.63, 3.8) is 0 Å². The Bertz CT molecular complexity index is 513. The van der Waals surface area contributed by atoms with Crippen molar-refractivity contribution in [1.82, 2.24) is 9.62 Å². The molecule has 0 aliphatic carbocycles. The normalized spacial score (nSPS) is 11.8. The van der Waals surface area contributed by atoms with Crippen LogP contribution in [0, 0.1) is 6.92 Å². The molecule has 0 bridgehead atoms. The van der Waals surface area contributed by atoms with Gasteiger partial charge < -0.3 is 10.1 Å². The molecule has 108 valence electrons. The van der Waals surface area contributed by atoms with Gasteiger partial charge in [-0.25, -0.2) is 12.7 Å². The van der Waals surface area contributed by atoms with Crippen LogP contribution in [0.3, 0.4) is 0 Å². The van der Waals surface area contributed by atoms with Crippen LogP contribution in [-0.4, -0.2) is 46.2 Å². The van der Waals surface area contributed by atoms with Crippen LogP contribution in [0.5, 0.6) is 5.75 Å². The molecule has 0 fully saturated rings. The SMILES string of the molecule is COc1ccc(CNCCS(=O)(=O)N(C)C)cc1C. The molecule has 0 unspecified atom stereocenters. The Morgan fingerprint density at radius 2 is 2.00 bits per heavy atom. The number of benzene rings is 1. The summed E-state index contributed by atoms with van der Waals surface area (Å²) in [4.78, 5) is 0. The van der Waals surface area contributed by atoms with E-state index in [0.717, 1.165) is 16.9 Å². The highest BCUT2D eigenvalue weighted by Crippen LogP contribution is 2.18. The van der Waals surface area contributed by atoms with Crippen molar-refractivity contribution in [3.8, 4) is 5.75 Å². The molecule has 19 heavy (non-hydrogen) atoms. The molecule has 0 heterocycles. The maximum absolute atomic E-state index is 11.5. The summed E-state index contributed by atoms with van der Waals surface area (Å²) in [5.74, 6) is 0.966. The van der Waals surface area contributed by atoms with Crippen LogP contribution in [0.2, 0.25) is 0 Å². The first-order valence-corrected chi connectivity index (χ1v) is 7.72. The van der Waals surface area contributed by atoms with E-state index >= 15 is 0 Å². The quantitative estimate of drug-likeness (QED) is 0.759. The molecular weight excluding hydrogens is 264 g/mol. The van der Waals surface area contributed by atoms with Crippen LogP contribution >= 0.6 is 0 Å². The second kappa shape index (κ2) is 6.88. The van der Waals surface area contributed by atoms with E-state index in [9.17, 15) is 8.42 Å². The van der Waals surface area contributed by atoms with E-state index in [1.165, 1.54) is 4.31 Å². The first-order chi connectivity index (χ1) is 8.86. The monoisotopic (exact) mass is 286 g/mol. The van der Waals surface area contributed by atoms with Crippen molar-refractivity contribution in [2.24, 2.45) is 0 Å². The number of hydrogen-bond donors (Lipinski definition) is 1. The topological polar surface area (TPSA) is 58.6 Å². The summed E-state index contributed by atoms with van der Waals surface area (Å²) in [6.45, 7) is 3.07. The summed E-state index contributed by atoms with van der Waals surface area (Å²) in [6, 6.07) is 5.93. The van der Waals surface area contributed by atoms with Gasteiger partial charge in [0.2, 0.25) is 10.0 Å². The molecule has 0 spiro atoms. The molecule has 0 aliphatic rings. The number of hydrogen-bond acceptors (Lipinski definition) is 4. The lowest BCUT2D eigenvalue weighted by molar-refractivity contribution is 0.411. The Morgan fingerprint density at radius 3 is 2.53 bits per heavy atom. The lowest BCUT2D eigenvalue weighted by atomic mass is 10.1. The van der Waals surface area contributed by atoms with Gasteiger partial charge >= 0.3 is 0 Å². The summed E-state index contributed by atoms with van der Waals surface area (Å²) in [5, 5.41) is 3.13. The third-order valence-electron chi connectivity index (χ3n) is 2.88. The van der Waals surface area contributed by atoms with Crippen molar-refractivity contribution in [2.75, 3.05) is 33.5 Å². The van der Waals surface area contributed by atoms with E-state index in [1.807, 2.05) is 25.1 Å². The molecule has 6 heteroatoms. The summed E-state index contributed by atoms with van der Waals surface area (Å²) in [5.41, 5.74) is 2.18. The first-order valence-electron chi connectivity index (χ1n) is 6.11. The standard InChI is InChI=1S/C13H22N2O3S/c1-11-9-12(5-6-13(11)18-4)10-14-7-8-19(16,17)15(2)3/h5-6,9,14H,7-8,10H2,1-4H3. The van der Waals surface area contributed by atoms with Gasteiger partial charge in [-0.3, -0.25) is 0 Å². The smallest absolute Gasteiger partial charge is 0.214 e. The average molecular weight is 286 g/mol. The van der Waals surface area contributed by atoms with Gasteiger partial charge in [0.05, 0.1) is 12.9 Å². The number of sulfonamides is 1. The molecule has 0 aromatic heterocycles. The Morgan fingerprint density at radius 1 is 1.32 bits per heavy atom. The van der Waals surface area contributed by atoms with Gasteiger partial charge in [0.25, 0.3) is 0 Å². The summed E-state index contributed by atoms with van der Waals surface area (Å²) in [7, 11) is 1.61. The van der Waals surface area contributed by atoms with Gasteiger partial charge in [-0.15, -0.1) is 0 Å². The number of nitrogens with zero attached hydrogens (tertiary/aromatic N) is 1. The van der Waals surface area contributed by atoms with Crippen molar-refractivity contribution < 1.29 is 13.2 Å². The third kappa shape index (κ3) is 4.81. The number of nitrogens with one attached hydrogen (secondary N) is 1. The second-order valence-electron chi connectivity index (χ2n) is 4.58. The van der Waals surface area contributed by atoms with Crippen LogP contribution in [-0.2, 0) is 16.6 Å². The molecular formula is C13H22N2O3S. The van der Waals surface area contributed by atoms with Crippen LogP contribution in [0.4, 0.5) is 0 Å². The maximum atomic E-state index is 11.5. The van der Waals surface area contributed by atoms with E-state index in [0.29, 0.717) is 13.1 Å². The molecule has 0 radical (unpaired) electrons. The predicted molar refractivity (Wildman–Crippen MR) is 76.9 cm³/mol. The minimum absolute atomic E-state index is 0.106. The molecule has 0 saturated heterocycles. The highest BCUT2D eigenvalue weighted by Gasteiger charge is 2.12. The van der Waals surface area contributed by atoms with Crippen LogP contribution < -0.4 is 10.1 Å². The van der Waals surface area contributed by atoms with Crippen LogP contribution in [0.1, 0.15) is 11.1 Å². The Balaban J connectivity index is 2.44. The zero-order valence-corrected chi connectivity index (χ0v) is 12.8. The number of rotatable bonds is 7. The van der Waals surface area contributed by atoms with Crippen LogP contribution in [0.25, 0.3) is 0 Å². The Labute approximate surface area is 115 Å². The molecule has 1 N–H and O–H groups in total. The summed E-state index contributed by atoms with van der Waals surface area (Å²) >= 11 is 0. The molecule has 5 nitrogen and oxygen atoms in total. The van der Waals surface area contributed by atoms with E-state index in [2.05, 4.69) is 5.32 Å². The van der Waals surface area contributed by atoms with Gasteiger partial charge in [0, 0.05) is 27.2 Å². The fourth-order valence-corrected chi connectivity index (χ4v) is 2.43. The Hall–Kier alpha value is -1.11. The summed E-state index contributed by atoms with van der Waals surface area (Å²) in [6.07, 6.45) is 0. The van der Waals surface area contributed by atoms with Gasteiger partial charge in [-0.2, -0.15) is 0 Å². The predicted octanol–water partition coefficient (Wildman–Crippen LogP) is 0.985. The van der Waals surface area contributed by atoms with E-state index < -0.39 is 10.0 Å². The number of aryl methyl sites for hydroxylation is 1. The minimum atomic E-state index is -3.12. The van der Waals surface area contributed by atoms with Gasteiger partial charge in [-0.05, 0) is 24.1 Å². The van der Waals surface area contributed by atoms with Crippen molar-refractivity contribution in [1.29, 1.82) is 0 Å². The largest absolute Gasteiger partial charge is 0.496 e. The second-order valence-corrected chi connectivity index (χ2v) is 6.88. The van der Waals surface area contributed by atoms with Crippen molar-refractivity contribution in [3.05, 3.63) is 29.3 Å². The van der Waals surface area contributed by atoms with E-state index in [1.54, 1.807) is 21.2 Å². The minimum Gasteiger partial charge on any atom is -0.496 e. The average Bonchev–Trinajstić information content (AvgIpc) is 2.34. The first kappa shape index (κ1) is 15.9. The summed E-state index contributed by atoms with van der Waals surface area (Å²) < 4.78 is 29.5. The molecule has 0 saturated carbocycles. The fourth-order valence-electron chi connectivity index (χ4n) is 1.67. The molecule has 0 aliphatic heterocycles. The highest BCUT2D eigenvalue weighted by molar-refractivity contribution is 7.89. The van der Waals surface area contributed by atoms with E-state index in [4.69, 9.17) is 4.74 Å². The fraction of sp³-hybridized carbons (Fsp3) is 0.538. The highest BCUT2D eigenvalue weighted by atomic mass is 32.2. The third-order valence-corrected chi connectivity index (χ3v) is 4.71. The molecule has 0 amide bonds. The van der Waals surface area contributed by atoms with Crippen molar-refractivity contribution in [2.45, 2.75) is 13.5 Å². The lowest BCUT2D eigenvalue weighted by Gasteiger charge is -2.12. The van der Waals surface area contributed by atoms with Crippen LogP contribution in [0.15, 0.2) is 18.2 Å². The molecule has 1 rings (SSSR count). The zero-order valence-electron chi connectivity index (χ0n) is 11.9. The number of ether oxygens (including phenoxy) is 1. The maximum Gasteiger partial charge on any atom is 0.214 e. The van der Waals surface area contributed by atoms with E-state index in [-0.39, 0.29) is 5.75 Å². The molecule has 1 aromatic carbocycles. The zero-order chi connectivity index (χ0) is 14.5. The van der Waals surface area contributed by atoms with Gasteiger partial charge in [-0.1, -0.05) is 12.1 Å². The van der Waals surface area contributed by atoms with Crippen molar-refractivity contribution >= 4 is 10.0 Å². The lowest BCUT2D eigenvalue weighted by Crippen LogP contribution is -2.31. The van der Waals surface area contributed by atoms with Gasteiger partial charge in [0.1, 0.15) is 5.75 Å². The number of methoxy groups -OCH3 is 1. The molecule has 0 atom stereocenters. The van der Waals surface area contributed by atoms with Gasteiger partial charge in [0.15, 0.2) is 0 Å². The molecule has 1 aromatic rings. The Kier molecular flexibility index (Phi) is 5.78.